The molecule has 2 aromatic carbocycles. The topological polar surface area (TPSA) is 34.1 Å². The van der Waals surface area contributed by atoms with Crippen molar-refractivity contribution in [3.8, 4) is 0 Å². The van der Waals surface area contributed by atoms with E-state index in [0.717, 1.165) is 10.8 Å². The highest BCUT2D eigenvalue weighted by molar-refractivity contribution is 7.91. The second-order valence-electron chi connectivity index (χ2n) is 3.14. The lowest BCUT2D eigenvalue weighted by Crippen LogP contribution is -2.07. The van der Waals surface area contributed by atoms with Crippen molar-refractivity contribution in [2.45, 2.75) is 9.79 Å². The summed E-state index contributed by atoms with van der Waals surface area (Å²) in [7, 11) is -3.17. The van der Waals surface area contributed by atoms with Crippen molar-refractivity contribution in [2.75, 3.05) is 0 Å². The van der Waals surface area contributed by atoms with Gasteiger partial charge < -0.3 is 0 Å². The third kappa shape index (κ3) is 0.704. The van der Waals surface area contributed by atoms with Crippen LogP contribution in [0.5, 0.6) is 0 Å². The van der Waals surface area contributed by atoms with Gasteiger partial charge in [-0.2, -0.15) is 0 Å². The molecule has 2 aliphatic heterocycles. The zero-order chi connectivity index (χ0) is 9.05. The maximum Gasteiger partial charge on any atom is 0.207 e. The van der Waals surface area contributed by atoms with Gasteiger partial charge in [-0.25, -0.2) is 8.42 Å². The Kier molecular flexibility index (Phi) is 1.05. The molecule has 2 aromatic rings. The fourth-order valence-corrected chi connectivity index (χ4v) is 3.28. The number of benzene rings is 2. The fraction of sp³-hybridized carbons (Fsp3) is 0. The Morgan fingerprint density at radius 2 is 1.85 bits per heavy atom. The SMILES string of the molecule is O=S1(=O)c2ccc3c1cccc3c2. The number of sulfone groups is 1. The fourth-order valence-electron chi connectivity index (χ4n) is 1.76. The standard InChI is InChI=1S/C10H6O2S/c11-13(12)8-4-5-9-7(6-8)2-1-3-10(9)13/h1-6H. The molecule has 0 saturated heterocycles. The molecule has 0 atom stereocenters. The van der Waals surface area contributed by atoms with Gasteiger partial charge in [0.1, 0.15) is 0 Å². The van der Waals surface area contributed by atoms with E-state index in [-0.39, 0.29) is 0 Å². The first-order chi connectivity index (χ1) is 6.19. The molecule has 4 rings (SSSR count). The summed E-state index contributed by atoms with van der Waals surface area (Å²) in [5, 5.41) is 1.84. The van der Waals surface area contributed by atoms with E-state index < -0.39 is 9.84 Å². The molecule has 64 valence electrons. The maximum atomic E-state index is 11.7. The van der Waals surface area contributed by atoms with Crippen LogP contribution in [-0.4, -0.2) is 8.42 Å². The Morgan fingerprint density at radius 1 is 1.00 bits per heavy atom. The average molecular weight is 190 g/mol. The second-order valence-corrected chi connectivity index (χ2v) is 5.06. The highest BCUT2D eigenvalue weighted by Crippen LogP contribution is 2.35. The molecule has 0 fully saturated rings. The molecule has 4 bridgehead atoms. The molecule has 0 amide bonds. The normalized spacial score (nSPS) is 16.9. The van der Waals surface area contributed by atoms with E-state index in [0.29, 0.717) is 9.79 Å². The number of hydrogen-bond donors (Lipinski definition) is 0. The van der Waals surface area contributed by atoms with Crippen LogP contribution in [0.15, 0.2) is 46.2 Å². The Bertz CT molecular complexity index is 612. The van der Waals surface area contributed by atoms with Crippen molar-refractivity contribution in [3.63, 3.8) is 0 Å². The van der Waals surface area contributed by atoms with Crippen LogP contribution in [0.2, 0.25) is 0 Å². The lowest BCUT2D eigenvalue weighted by atomic mass is 10.1. The second kappa shape index (κ2) is 1.93. The summed E-state index contributed by atoms with van der Waals surface area (Å²) >= 11 is 0. The summed E-state index contributed by atoms with van der Waals surface area (Å²) in [6.45, 7) is 0. The van der Waals surface area contributed by atoms with Crippen molar-refractivity contribution in [3.05, 3.63) is 36.4 Å². The van der Waals surface area contributed by atoms with Crippen molar-refractivity contribution in [2.24, 2.45) is 0 Å². The molecule has 0 aromatic heterocycles. The molecule has 2 nitrogen and oxygen atoms in total. The Balaban J connectivity index is 2.76. The zero-order valence-corrected chi connectivity index (χ0v) is 7.51. The molecule has 2 heterocycles. The smallest absolute Gasteiger partial charge is 0.207 e. The van der Waals surface area contributed by atoms with Gasteiger partial charge in [0.15, 0.2) is 0 Å². The minimum Gasteiger partial charge on any atom is -0.218 e. The summed E-state index contributed by atoms with van der Waals surface area (Å²) < 4.78 is 23.5. The van der Waals surface area contributed by atoms with Crippen LogP contribution in [0.1, 0.15) is 0 Å². The molecular formula is C10H6O2S. The van der Waals surface area contributed by atoms with Gasteiger partial charge in [0.05, 0.1) is 9.79 Å². The monoisotopic (exact) mass is 190 g/mol. The number of rotatable bonds is 0. The van der Waals surface area contributed by atoms with Gasteiger partial charge in [0.25, 0.3) is 0 Å². The first kappa shape index (κ1) is 7.09. The summed E-state index contributed by atoms with van der Waals surface area (Å²) in [6, 6.07) is 10.6. The van der Waals surface area contributed by atoms with E-state index in [2.05, 4.69) is 0 Å². The minimum atomic E-state index is -3.17. The molecule has 0 N–H and O–H groups in total. The maximum absolute atomic E-state index is 11.7. The minimum absolute atomic E-state index is 0.410. The summed E-state index contributed by atoms with van der Waals surface area (Å²) in [6.07, 6.45) is 0. The van der Waals surface area contributed by atoms with E-state index >= 15 is 0 Å². The highest BCUT2D eigenvalue weighted by Gasteiger charge is 2.25. The van der Waals surface area contributed by atoms with E-state index in [1.165, 1.54) is 0 Å². The van der Waals surface area contributed by atoms with Crippen molar-refractivity contribution in [1.82, 2.24) is 0 Å². The molecule has 0 spiro atoms. The van der Waals surface area contributed by atoms with Gasteiger partial charge in [-0.15, -0.1) is 0 Å². The van der Waals surface area contributed by atoms with Crippen LogP contribution in [0, 0.1) is 0 Å². The molecular weight excluding hydrogens is 184 g/mol. The van der Waals surface area contributed by atoms with Gasteiger partial charge in [-0.1, -0.05) is 18.2 Å². The summed E-state index contributed by atoms with van der Waals surface area (Å²) in [5.74, 6) is 0. The van der Waals surface area contributed by atoms with Crippen LogP contribution >= 0.6 is 0 Å². The van der Waals surface area contributed by atoms with Crippen LogP contribution in [0.4, 0.5) is 0 Å². The molecule has 2 aliphatic rings. The first-order valence-corrected chi connectivity index (χ1v) is 5.46. The van der Waals surface area contributed by atoms with Crippen LogP contribution in [-0.2, 0) is 9.84 Å². The Labute approximate surface area is 75.7 Å². The van der Waals surface area contributed by atoms with Crippen molar-refractivity contribution in [1.29, 1.82) is 0 Å². The van der Waals surface area contributed by atoms with Crippen molar-refractivity contribution < 1.29 is 8.42 Å². The Hall–Kier alpha value is -1.35. The van der Waals surface area contributed by atoms with Crippen LogP contribution in [0.3, 0.4) is 0 Å². The lowest BCUT2D eigenvalue weighted by Gasteiger charge is -2.14. The first-order valence-electron chi connectivity index (χ1n) is 3.97. The Morgan fingerprint density at radius 3 is 2.62 bits per heavy atom. The van der Waals surface area contributed by atoms with E-state index in [9.17, 15) is 8.42 Å². The molecule has 0 saturated carbocycles. The third-order valence-corrected chi connectivity index (χ3v) is 4.22. The molecule has 0 aliphatic carbocycles. The van der Waals surface area contributed by atoms with Gasteiger partial charge in [0.2, 0.25) is 9.84 Å². The predicted molar refractivity (Wildman–Crippen MR) is 49.4 cm³/mol. The zero-order valence-electron chi connectivity index (χ0n) is 6.69. The van der Waals surface area contributed by atoms with Crippen LogP contribution < -0.4 is 0 Å². The molecule has 0 radical (unpaired) electrons. The number of fused-ring (bicyclic) bond motifs is 1. The van der Waals surface area contributed by atoms with E-state index in [1.54, 1.807) is 24.3 Å². The average Bonchev–Trinajstić information content (AvgIpc) is 2.14. The van der Waals surface area contributed by atoms with E-state index in [4.69, 9.17) is 0 Å². The van der Waals surface area contributed by atoms with Gasteiger partial charge in [-0.05, 0) is 23.6 Å². The highest BCUT2D eigenvalue weighted by atomic mass is 32.2. The van der Waals surface area contributed by atoms with Gasteiger partial charge >= 0.3 is 0 Å². The molecule has 3 heteroatoms. The molecule has 13 heavy (non-hydrogen) atoms. The largest absolute Gasteiger partial charge is 0.218 e. The van der Waals surface area contributed by atoms with Gasteiger partial charge in [0, 0.05) is 5.39 Å². The van der Waals surface area contributed by atoms with Gasteiger partial charge in [-0.3, -0.25) is 0 Å². The quantitative estimate of drug-likeness (QED) is 0.543. The van der Waals surface area contributed by atoms with Crippen LogP contribution in [0.25, 0.3) is 10.8 Å². The number of hydrogen-bond acceptors (Lipinski definition) is 2. The summed E-state index contributed by atoms with van der Waals surface area (Å²) in [5.41, 5.74) is 0. The van der Waals surface area contributed by atoms with Crippen molar-refractivity contribution >= 4 is 20.6 Å². The molecule has 0 unspecified atom stereocenters. The summed E-state index contributed by atoms with van der Waals surface area (Å²) in [4.78, 5) is 0.859. The third-order valence-electron chi connectivity index (χ3n) is 2.41. The lowest BCUT2D eigenvalue weighted by molar-refractivity contribution is 0.596. The van der Waals surface area contributed by atoms with E-state index in [1.807, 2.05) is 12.1 Å². The predicted octanol–water partition coefficient (Wildman–Crippen LogP) is 1.99.